The van der Waals surface area contributed by atoms with E-state index >= 15 is 0 Å². The van der Waals surface area contributed by atoms with Gasteiger partial charge in [-0.2, -0.15) is 0 Å². The molecular formula is C53H47BN2O. The van der Waals surface area contributed by atoms with E-state index in [1.807, 2.05) is 0 Å². The fourth-order valence-electron chi connectivity index (χ4n) is 10.0. The lowest BCUT2D eigenvalue weighted by atomic mass is 9.58. The van der Waals surface area contributed by atoms with E-state index in [-0.39, 0.29) is 16.2 Å². The first-order valence-corrected chi connectivity index (χ1v) is 20.5. The summed E-state index contributed by atoms with van der Waals surface area (Å²) in [4.78, 5) is 0. The Labute approximate surface area is 335 Å². The van der Waals surface area contributed by atoms with Gasteiger partial charge in [0, 0.05) is 55.1 Å². The van der Waals surface area contributed by atoms with E-state index in [1.54, 1.807) is 0 Å². The zero-order valence-electron chi connectivity index (χ0n) is 34.2. The lowest BCUT2D eigenvalue weighted by molar-refractivity contribution is 0.590. The second-order valence-corrected chi connectivity index (χ2v) is 19.1. The van der Waals surface area contributed by atoms with E-state index in [4.69, 9.17) is 4.42 Å². The molecule has 1 N–H and O–H groups in total. The van der Waals surface area contributed by atoms with Crippen molar-refractivity contribution < 1.29 is 4.42 Å². The van der Waals surface area contributed by atoms with Gasteiger partial charge in [0.05, 0.1) is 5.52 Å². The average molecular weight is 739 g/mol. The van der Waals surface area contributed by atoms with E-state index < -0.39 is 0 Å². The van der Waals surface area contributed by atoms with Crippen LogP contribution in [0.4, 0.5) is 11.4 Å². The highest BCUT2D eigenvalue weighted by Gasteiger charge is 2.38. The summed E-state index contributed by atoms with van der Waals surface area (Å²) in [6, 6.07) is 47.8. The second kappa shape index (κ2) is 11.5. The average Bonchev–Trinajstić information content (AvgIpc) is 3.80. The van der Waals surface area contributed by atoms with Crippen molar-refractivity contribution >= 4 is 73.3 Å². The van der Waals surface area contributed by atoms with Gasteiger partial charge in [0.25, 0.3) is 0 Å². The first kappa shape index (κ1) is 34.3. The van der Waals surface area contributed by atoms with Gasteiger partial charge in [0.2, 0.25) is 0 Å². The highest BCUT2D eigenvalue weighted by Crippen LogP contribution is 2.50. The lowest BCUT2D eigenvalue weighted by Gasteiger charge is -2.27. The Hall–Kier alpha value is -6.00. The van der Waals surface area contributed by atoms with Gasteiger partial charge in [-0.25, -0.2) is 0 Å². The van der Waals surface area contributed by atoms with E-state index in [1.165, 1.54) is 88.3 Å². The Kier molecular flexibility index (Phi) is 6.94. The molecular weight excluding hydrogens is 691 g/mol. The number of benzene rings is 7. The van der Waals surface area contributed by atoms with Gasteiger partial charge < -0.3 is 14.3 Å². The molecule has 1 aliphatic carbocycles. The van der Waals surface area contributed by atoms with Gasteiger partial charge in [0.15, 0.2) is 7.28 Å². The van der Waals surface area contributed by atoms with Crippen molar-refractivity contribution in [3.63, 3.8) is 0 Å². The number of fused-ring (bicyclic) bond motifs is 12. The van der Waals surface area contributed by atoms with Crippen LogP contribution in [0, 0.1) is 0 Å². The molecule has 3 heterocycles. The van der Waals surface area contributed by atoms with Crippen molar-refractivity contribution in [1.82, 2.24) is 4.57 Å². The number of hydrogen-bond acceptors (Lipinski definition) is 2. The van der Waals surface area contributed by atoms with Crippen molar-refractivity contribution in [2.75, 3.05) is 5.32 Å². The third-order valence-electron chi connectivity index (χ3n) is 13.1. The zero-order chi connectivity index (χ0) is 39.2. The molecule has 278 valence electrons. The Balaban J connectivity index is 1.21. The van der Waals surface area contributed by atoms with Crippen molar-refractivity contribution in [2.45, 2.75) is 71.6 Å². The number of nitrogens with zero attached hydrogens (tertiary/aromatic N) is 1. The number of anilines is 2. The fraction of sp³-hybridized carbons (Fsp3) is 0.208. The van der Waals surface area contributed by atoms with Crippen LogP contribution >= 0.6 is 0 Å². The third-order valence-corrected chi connectivity index (χ3v) is 13.1. The lowest BCUT2D eigenvalue weighted by Crippen LogP contribution is -2.38. The number of aromatic nitrogens is 1. The van der Waals surface area contributed by atoms with Gasteiger partial charge in [0.1, 0.15) is 11.2 Å². The minimum Gasteiger partial charge on any atom is -0.456 e. The standard InChI is InChI=1S/C53H47BN2O/c1-51(2,3)30-17-20-32(21-18-30)55-42-24-19-31(52(4,5)6)27-38(42)34-22-23-36-47-43(25-26-46-48(47)35-14-10-12-16-45(35)57-46)56-44-28-37-33-13-9-11-15-39(33)53(7,8)40(37)29-41(44)54-49(34)50(36)56/h9-29,54-55H,1-8H3. The molecule has 11 rings (SSSR count). The molecule has 4 heteroatoms. The number of nitrogens with one attached hydrogen (secondary N) is 1. The van der Waals surface area contributed by atoms with E-state index in [0.717, 1.165) is 35.2 Å². The van der Waals surface area contributed by atoms with Crippen LogP contribution in [0.2, 0.25) is 0 Å². The summed E-state index contributed by atoms with van der Waals surface area (Å²) in [5, 5.41) is 8.77. The minimum absolute atomic E-state index is 0.0143. The Morgan fingerprint density at radius 2 is 1.32 bits per heavy atom. The maximum absolute atomic E-state index is 6.51. The van der Waals surface area contributed by atoms with Crippen molar-refractivity contribution in [3.05, 3.63) is 150 Å². The first-order valence-electron chi connectivity index (χ1n) is 20.5. The van der Waals surface area contributed by atoms with E-state index in [0.29, 0.717) is 0 Å². The fourth-order valence-corrected chi connectivity index (χ4v) is 10.0. The van der Waals surface area contributed by atoms with E-state index in [9.17, 15) is 0 Å². The second-order valence-electron chi connectivity index (χ2n) is 19.1. The van der Waals surface area contributed by atoms with Gasteiger partial charge >= 0.3 is 0 Å². The highest BCUT2D eigenvalue weighted by molar-refractivity contribution is 6.73. The molecule has 9 aromatic rings. The van der Waals surface area contributed by atoms with Crippen LogP contribution in [0.15, 0.2) is 132 Å². The Morgan fingerprint density at radius 3 is 2.11 bits per heavy atom. The summed E-state index contributed by atoms with van der Waals surface area (Å²) < 4.78 is 9.10. The van der Waals surface area contributed by atoms with Crippen LogP contribution in [0.25, 0.3) is 71.7 Å². The summed E-state index contributed by atoms with van der Waals surface area (Å²) >= 11 is 0. The van der Waals surface area contributed by atoms with Crippen LogP contribution in [0.1, 0.15) is 77.6 Å². The quantitative estimate of drug-likeness (QED) is 0.183. The number of rotatable bonds is 3. The smallest absolute Gasteiger partial charge is 0.198 e. The molecule has 0 atom stereocenters. The van der Waals surface area contributed by atoms with Crippen LogP contribution in [0.5, 0.6) is 0 Å². The molecule has 0 bridgehead atoms. The normalized spacial score (nSPS) is 14.2. The molecule has 0 amide bonds. The van der Waals surface area contributed by atoms with Gasteiger partial charge in [-0.15, -0.1) is 0 Å². The Bertz CT molecular complexity index is 3160. The minimum atomic E-state index is -0.0859. The largest absolute Gasteiger partial charge is 0.456 e. The topological polar surface area (TPSA) is 30.1 Å². The number of hydrogen-bond donors (Lipinski definition) is 1. The summed E-state index contributed by atoms with van der Waals surface area (Å²) in [6.07, 6.45) is 0. The molecule has 0 saturated heterocycles. The van der Waals surface area contributed by atoms with Crippen LogP contribution in [-0.2, 0) is 16.2 Å². The SMILES string of the molecule is CC(C)(C)c1ccc(Nc2ccc(C(C)(C)C)cc2-c2ccc3c4c5c(ccc4n4c3c2Bc2cc3c(cc2-4)-c2ccccc2C3(C)C)oc2ccccc25)cc1. The molecule has 0 unspecified atom stereocenters. The van der Waals surface area contributed by atoms with Crippen LogP contribution in [0.3, 0.4) is 0 Å². The predicted molar refractivity (Wildman–Crippen MR) is 245 cm³/mol. The summed E-state index contributed by atoms with van der Waals surface area (Å²) in [5.41, 5.74) is 21.2. The molecule has 0 saturated carbocycles. The van der Waals surface area contributed by atoms with Crippen molar-refractivity contribution in [1.29, 1.82) is 0 Å². The molecule has 0 radical (unpaired) electrons. The molecule has 2 aliphatic rings. The zero-order valence-corrected chi connectivity index (χ0v) is 34.2. The Morgan fingerprint density at radius 1 is 0.579 bits per heavy atom. The highest BCUT2D eigenvalue weighted by atomic mass is 16.3. The van der Waals surface area contributed by atoms with Crippen molar-refractivity contribution in [2.24, 2.45) is 0 Å². The molecule has 3 nitrogen and oxygen atoms in total. The summed E-state index contributed by atoms with van der Waals surface area (Å²) in [6.45, 7) is 18.5. The van der Waals surface area contributed by atoms with Crippen molar-refractivity contribution in [3.8, 4) is 27.9 Å². The monoisotopic (exact) mass is 738 g/mol. The first-order chi connectivity index (χ1) is 27.3. The van der Waals surface area contributed by atoms with Crippen LogP contribution in [-0.4, -0.2) is 11.8 Å². The number of furan rings is 1. The summed E-state index contributed by atoms with van der Waals surface area (Å²) in [7, 11) is 0.840. The maximum atomic E-state index is 6.51. The van der Waals surface area contributed by atoms with Gasteiger partial charge in [-0.1, -0.05) is 140 Å². The molecule has 7 aromatic carbocycles. The maximum Gasteiger partial charge on any atom is 0.198 e. The molecule has 2 aromatic heterocycles. The van der Waals surface area contributed by atoms with Gasteiger partial charge in [-0.05, 0) is 104 Å². The van der Waals surface area contributed by atoms with E-state index in [2.05, 4.69) is 193 Å². The summed E-state index contributed by atoms with van der Waals surface area (Å²) in [5.74, 6) is 0. The molecule has 1 aliphatic heterocycles. The molecule has 0 fully saturated rings. The molecule has 0 spiro atoms. The predicted octanol–water partition coefficient (Wildman–Crippen LogP) is 12.7. The van der Waals surface area contributed by atoms with Crippen LogP contribution < -0.4 is 16.2 Å². The van der Waals surface area contributed by atoms with Gasteiger partial charge in [-0.3, -0.25) is 0 Å². The molecule has 57 heavy (non-hydrogen) atoms. The third kappa shape index (κ3) is 4.92. The number of para-hydroxylation sites is 1.